The molecular formula is C21H26O6S. The molecular weight excluding hydrogens is 380 g/mol. The van der Waals surface area contributed by atoms with E-state index in [4.69, 9.17) is 17.8 Å². The van der Waals surface area contributed by atoms with Gasteiger partial charge >= 0.3 is 10.4 Å². The number of hydrogen-bond acceptors (Lipinski definition) is 6. The predicted octanol–water partition coefficient (Wildman–Crippen LogP) is 3.62. The van der Waals surface area contributed by atoms with Crippen molar-refractivity contribution in [2.45, 2.75) is 44.7 Å². The third-order valence-electron chi connectivity index (χ3n) is 4.43. The molecule has 7 heteroatoms. The van der Waals surface area contributed by atoms with Gasteiger partial charge in [-0.25, -0.2) is 8.37 Å². The summed E-state index contributed by atoms with van der Waals surface area (Å²) in [6, 6.07) is 19.6. The van der Waals surface area contributed by atoms with Gasteiger partial charge in [-0.05, 0) is 30.4 Å². The van der Waals surface area contributed by atoms with E-state index < -0.39 is 22.6 Å². The molecule has 0 bridgehead atoms. The molecule has 2 atom stereocenters. The second-order valence-electron chi connectivity index (χ2n) is 6.75. The molecule has 0 saturated carbocycles. The molecule has 1 aliphatic heterocycles. The quantitative estimate of drug-likeness (QED) is 0.593. The molecule has 0 aromatic heterocycles. The van der Waals surface area contributed by atoms with Gasteiger partial charge in [-0.3, -0.25) is 0 Å². The number of ether oxygens (including phenoxy) is 2. The normalized spacial score (nSPS) is 21.9. The summed E-state index contributed by atoms with van der Waals surface area (Å²) in [6.45, 7) is 1.53. The summed E-state index contributed by atoms with van der Waals surface area (Å²) in [5.74, 6) is 0. The highest BCUT2D eigenvalue weighted by Crippen LogP contribution is 2.22. The van der Waals surface area contributed by atoms with Crippen molar-refractivity contribution in [3.05, 3.63) is 71.8 Å². The van der Waals surface area contributed by atoms with Gasteiger partial charge < -0.3 is 9.47 Å². The van der Waals surface area contributed by atoms with Gasteiger partial charge in [0.25, 0.3) is 0 Å². The highest BCUT2D eigenvalue weighted by Gasteiger charge is 2.30. The van der Waals surface area contributed by atoms with E-state index in [1.54, 1.807) is 0 Å². The Balaban J connectivity index is 1.40. The van der Waals surface area contributed by atoms with Gasteiger partial charge in [-0.15, -0.1) is 0 Å². The van der Waals surface area contributed by atoms with E-state index in [9.17, 15) is 8.42 Å². The Hall–Kier alpha value is -1.77. The Labute approximate surface area is 166 Å². The summed E-state index contributed by atoms with van der Waals surface area (Å²) in [5.41, 5.74) is 2.11. The van der Waals surface area contributed by atoms with Crippen LogP contribution in [0.25, 0.3) is 0 Å². The molecule has 1 heterocycles. The maximum absolute atomic E-state index is 12.0. The van der Waals surface area contributed by atoms with Gasteiger partial charge in [0.05, 0.1) is 25.9 Å². The van der Waals surface area contributed by atoms with Crippen LogP contribution in [0.5, 0.6) is 0 Å². The van der Waals surface area contributed by atoms with Crippen LogP contribution in [0.4, 0.5) is 0 Å². The molecule has 0 radical (unpaired) electrons. The van der Waals surface area contributed by atoms with E-state index in [2.05, 4.69) is 0 Å². The number of hydrogen-bond donors (Lipinski definition) is 0. The van der Waals surface area contributed by atoms with Crippen molar-refractivity contribution >= 4 is 10.4 Å². The van der Waals surface area contributed by atoms with Gasteiger partial charge in [0.15, 0.2) is 0 Å². The van der Waals surface area contributed by atoms with Crippen molar-refractivity contribution in [3.63, 3.8) is 0 Å². The van der Waals surface area contributed by atoms with E-state index in [1.165, 1.54) is 0 Å². The van der Waals surface area contributed by atoms with E-state index in [-0.39, 0.29) is 6.61 Å². The molecule has 3 rings (SSSR count). The third-order valence-corrected chi connectivity index (χ3v) is 5.45. The molecule has 1 fully saturated rings. The first-order valence-electron chi connectivity index (χ1n) is 9.45. The second kappa shape index (κ2) is 10.7. The van der Waals surface area contributed by atoms with Crippen molar-refractivity contribution in [3.8, 4) is 0 Å². The Bertz CT molecular complexity index is 794. The first-order chi connectivity index (χ1) is 13.6. The zero-order chi connectivity index (χ0) is 19.7. The standard InChI is InChI=1S/C21H26O6S/c22-28(23)26-20(13-14-24-15-18-7-3-1-4-8-18)11-12-21(27-28)17-25-16-19-9-5-2-6-10-19/h1-10,20-21H,11-17H2/t20-,21-/m0/s1. The van der Waals surface area contributed by atoms with Crippen LogP contribution >= 0.6 is 0 Å². The summed E-state index contributed by atoms with van der Waals surface area (Å²) in [7, 11) is -4.04. The maximum atomic E-state index is 12.0. The molecule has 1 aliphatic rings. The smallest absolute Gasteiger partial charge is 0.377 e. The topological polar surface area (TPSA) is 71.1 Å². The average molecular weight is 407 g/mol. The number of rotatable bonds is 9. The Morgan fingerprint density at radius 1 is 0.786 bits per heavy atom. The monoisotopic (exact) mass is 406 g/mol. The first kappa shape index (κ1) is 21.0. The van der Waals surface area contributed by atoms with Crippen LogP contribution < -0.4 is 0 Å². The molecule has 1 saturated heterocycles. The molecule has 2 aromatic carbocycles. The Morgan fingerprint density at radius 2 is 1.32 bits per heavy atom. The molecule has 0 unspecified atom stereocenters. The van der Waals surface area contributed by atoms with Crippen molar-refractivity contribution in [2.24, 2.45) is 0 Å². The van der Waals surface area contributed by atoms with Crippen LogP contribution in [0, 0.1) is 0 Å². The summed E-state index contributed by atoms with van der Waals surface area (Å²) >= 11 is 0. The van der Waals surface area contributed by atoms with Crippen LogP contribution in [-0.2, 0) is 41.5 Å². The fraction of sp³-hybridized carbons (Fsp3) is 0.429. The van der Waals surface area contributed by atoms with E-state index in [0.29, 0.717) is 39.1 Å². The Kier molecular flexibility index (Phi) is 8.00. The van der Waals surface area contributed by atoms with Crippen molar-refractivity contribution in [2.75, 3.05) is 13.2 Å². The third kappa shape index (κ3) is 7.33. The van der Waals surface area contributed by atoms with Crippen LogP contribution in [0.3, 0.4) is 0 Å². The zero-order valence-corrected chi connectivity index (χ0v) is 16.6. The lowest BCUT2D eigenvalue weighted by Crippen LogP contribution is -2.22. The predicted molar refractivity (Wildman–Crippen MR) is 105 cm³/mol. The van der Waals surface area contributed by atoms with Gasteiger partial charge in [0.2, 0.25) is 0 Å². The Morgan fingerprint density at radius 3 is 1.96 bits per heavy atom. The fourth-order valence-corrected chi connectivity index (χ4v) is 4.05. The molecule has 28 heavy (non-hydrogen) atoms. The van der Waals surface area contributed by atoms with Gasteiger partial charge in [-0.1, -0.05) is 60.7 Å². The van der Waals surface area contributed by atoms with Crippen molar-refractivity contribution in [1.29, 1.82) is 0 Å². The highest BCUT2D eigenvalue weighted by molar-refractivity contribution is 7.81. The largest absolute Gasteiger partial charge is 0.400 e. The molecule has 6 nitrogen and oxygen atoms in total. The van der Waals surface area contributed by atoms with Crippen LogP contribution in [0.2, 0.25) is 0 Å². The minimum atomic E-state index is -4.04. The van der Waals surface area contributed by atoms with E-state index >= 15 is 0 Å². The minimum Gasteiger partial charge on any atom is -0.377 e. The minimum absolute atomic E-state index is 0.203. The van der Waals surface area contributed by atoms with Crippen LogP contribution in [0.15, 0.2) is 60.7 Å². The molecule has 0 N–H and O–H groups in total. The lowest BCUT2D eigenvalue weighted by Gasteiger charge is -2.13. The van der Waals surface area contributed by atoms with Crippen molar-refractivity contribution < 1.29 is 26.3 Å². The number of benzene rings is 2. The fourth-order valence-electron chi connectivity index (χ4n) is 2.99. The molecule has 0 spiro atoms. The second-order valence-corrected chi connectivity index (χ2v) is 7.95. The van der Waals surface area contributed by atoms with Gasteiger partial charge in [0, 0.05) is 6.61 Å². The summed E-state index contributed by atoms with van der Waals surface area (Å²) in [5, 5.41) is 0. The first-order valence-corrected chi connectivity index (χ1v) is 10.8. The van der Waals surface area contributed by atoms with Crippen molar-refractivity contribution in [1.82, 2.24) is 0 Å². The average Bonchev–Trinajstić information content (AvgIpc) is 2.84. The summed E-state index contributed by atoms with van der Waals surface area (Å²) in [6.07, 6.45) is 0.640. The van der Waals surface area contributed by atoms with E-state index in [1.807, 2.05) is 60.7 Å². The van der Waals surface area contributed by atoms with Crippen LogP contribution in [0.1, 0.15) is 30.4 Å². The van der Waals surface area contributed by atoms with Crippen LogP contribution in [-0.4, -0.2) is 33.8 Å². The summed E-state index contributed by atoms with van der Waals surface area (Å²) < 4.78 is 45.6. The highest BCUT2D eigenvalue weighted by atomic mass is 32.3. The lowest BCUT2D eigenvalue weighted by molar-refractivity contribution is 0.0391. The molecule has 0 aliphatic carbocycles. The van der Waals surface area contributed by atoms with E-state index in [0.717, 1.165) is 11.1 Å². The SMILES string of the molecule is O=S1(=O)O[C@H](CCOCc2ccccc2)CC[C@@H](COCc2ccccc2)O1. The van der Waals surface area contributed by atoms with Gasteiger partial charge in [0.1, 0.15) is 6.10 Å². The molecule has 0 amide bonds. The molecule has 152 valence electrons. The lowest BCUT2D eigenvalue weighted by atomic mass is 10.1. The molecule has 2 aromatic rings. The summed E-state index contributed by atoms with van der Waals surface area (Å²) in [4.78, 5) is 0. The zero-order valence-electron chi connectivity index (χ0n) is 15.7. The maximum Gasteiger partial charge on any atom is 0.400 e. The van der Waals surface area contributed by atoms with Gasteiger partial charge in [-0.2, -0.15) is 8.42 Å².